The summed E-state index contributed by atoms with van der Waals surface area (Å²) in [5, 5.41) is 12.5. The van der Waals surface area contributed by atoms with Crippen molar-refractivity contribution in [2.75, 3.05) is 13.1 Å². The number of carbonyl (C=O) groups is 2. The van der Waals surface area contributed by atoms with Gasteiger partial charge in [0.05, 0.1) is 15.2 Å². The average molecular weight is 333 g/mol. The standard InChI is InChI=1S/C16H19N3O3S/c1-10(15(20)21)17-16(22)19-8-6-11(7-9-19)14-18-12-4-2-3-5-13(12)23-14/h2-5,10-11H,6-9H2,1H3,(H,17,22)(H,20,21)/t10-/m0/s1. The molecule has 0 radical (unpaired) electrons. The van der Waals surface area contributed by atoms with E-state index in [1.165, 1.54) is 11.6 Å². The highest BCUT2D eigenvalue weighted by molar-refractivity contribution is 7.18. The number of carboxylic acid groups (broad SMARTS) is 1. The number of hydrogen-bond donors (Lipinski definition) is 2. The van der Waals surface area contributed by atoms with Crippen LogP contribution in [0.2, 0.25) is 0 Å². The van der Waals surface area contributed by atoms with Crippen LogP contribution in [0.1, 0.15) is 30.7 Å². The second-order valence-corrected chi connectivity index (χ2v) is 6.85. The van der Waals surface area contributed by atoms with Gasteiger partial charge in [-0.3, -0.25) is 4.79 Å². The minimum atomic E-state index is -1.03. The molecule has 6 nitrogen and oxygen atoms in total. The molecule has 0 aliphatic carbocycles. The lowest BCUT2D eigenvalue weighted by atomic mass is 9.98. The highest BCUT2D eigenvalue weighted by Crippen LogP contribution is 2.33. The van der Waals surface area contributed by atoms with E-state index in [0.717, 1.165) is 23.4 Å². The number of benzene rings is 1. The first kappa shape index (κ1) is 15.7. The van der Waals surface area contributed by atoms with Gasteiger partial charge < -0.3 is 15.3 Å². The van der Waals surface area contributed by atoms with Gasteiger partial charge in [0.25, 0.3) is 0 Å². The number of carboxylic acids is 1. The van der Waals surface area contributed by atoms with Gasteiger partial charge in [0, 0.05) is 19.0 Å². The van der Waals surface area contributed by atoms with E-state index in [-0.39, 0.29) is 6.03 Å². The Morgan fingerprint density at radius 2 is 2.04 bits per heavy atom. The van der Waals surface area contributed by atoms with Crippen LogP contribution in [-0.4, -0.2) is 46.1 Å². The summed E-state index contributed by atoms with van der Waals surface area (Å²) in [5.41, 5.74) is 1.03. The normalized spacial score (nSPS) is 17.2. The maximum atomic E-state index is 12.0. The van der Waals surface area contributed by atoms with Crippen LogP contribution in [0.5, 0.6) is 0 Å². The lowest BCUT2D eigenvalue weighted by molar-refractivity contribution is -0.138. The fraction of sp³-hybridized carbons (Fsp3) is 0.438. The number of piperidine rings is 1. The Hall–Kier alpha value is -2.15. The molecule has 2 heterocycles. The van der Waals surface area contributed by atoms with Crippen molar-refractivity contribution in [1.29, 1.82) is 0 Å². The van der Waals surface area contributed by atoms with Crippen molar-refractivity contribution in [1.82, 2.24) is 15.2 Å². The van der Waals surface area contributed by atoms with Gasteiger partial charge in [-0.05, 0) is 31.9 Å². The Bertz CT molecular complexity index is 689. The molecule has 2 N–H and O–H groups in total. The van der Waals surface area contributed by atoms with Crippen molar-refractivity contribution in [3.05, 3.63) is 29.3 Å². The molecule has 1 aliphatic rings. The van der Waals surface area contributed by atoms with Crippen LogP contribution in [0.25, 0.3) is 10.2 Å². The minimum Gasteiger partial charge on any atom is -0.480 e. The van der Waals surface area contributed by atoms with Gasteiger partial charge in [0.1, 0.15) is 6.04 Å². The van der Waals surface area contributed by atoms with E-state index >= 15 is 0 Å². The van der Waals surface area contributed by atoms with Crippen molar-refractivity contribution < 1.29 is 14.7 Å². The van der Waals surface area contributed by atoms with E-state index in [1.54, 1.807) is 16.2 Å². The molecular formula is C16H19N3O3S. The van der Waals surface area contributed by atoms with E-state index in [4.69, 9.17) is 10.1 Å². The number of urea groups is 1. The van der Waals surface area contributed by atoms with Crippen molar-refractivity contribution in [3.63, 3.8) is 0 Å². The number of thiazole rings is 1. The zero-order valence-electron chi connectivity index (χ0n) is 12.9. The van der Waals surface area contributed by atoms with Crippen molar-refractivity contribution in [2.45, 2.75) is 31.7 Å². The first-order valence-electron chi connectivity index (χ1n) is 7.68. The average Bonchev–Trinajstić information content (AvgIpc) is 2.98. The number of likely N-dealkylation sites (tertiary alicyclic amines) is 1. The zero-order chi connectivity index (χ0) is 16.4. The zero-order valence-corrected chi connectivity index (χ0v) is 13.7. The maximum Gasteiger partial charge on any atom is 0.325 e. The first-order chi connectivity index (χ1) is 11.0. The van der Waals surface area contributed by atoms with Crippen LogP contribution >= 0.6 is 11.3 Å². The molecule has 1 fully saturated rings. The Labute approximate surface area is 138 Å². The van der Waals surface area contributed by atoms with E-state index in [1.807, 2.05) is 18.2 Å². The molecule has 1 aromatic carbocycles. The molecule has 0 unspecified atom stereocenters. The summed E-state index contributed by atoms with van der Waals surface area (Å²) in [5.74, 6) is -0.656. The molecule has 122 valence electrons. The second kappa shape index (κ2) is 6.54. The lowest BCUT2D eigenvalue weighted by Gasteiger charge is -2.31. The SMILES string of the molecule is C[C@H](NC(=O)N1CCC(c2nc3ccccc3s2)CC1)C(=O)O. The predicted molar refractivity (Wildman–Crippen MR) is 88.8 cm³/mol. The quantitative estimate of drug-likeness (QED) is 0.904. The highest BCUT2D eigenvalue weighted by atomic mass is 32.1. The first-order valence-corrected chi connectivity index (χ1v) is 8.50. The van der Waals surface area contributed by atoms with Gasteiger partial charge in [0.2, 0.25) is 0 Å². The lowest BCUT2D eigenvalue weighted by Crippen LogP contribution is -2.49. The van der Waals surface area contributed by atoms with E-state index in [2.05, 4.69) is 11.4 Å². The van der Waals surface area contributed by atoms with E-state index in [9.17, 15) is 9.59 Å². The Morgan fingerprint density at radius 1 is 1.35 bits per heavy atom. The smallest absolute Gasteiger partial charge is 0.325 e. The second-order valence-electron chi connectivity index (χ2n) is 5.79. The van der Waals surface area contributed by atoms with Crippen LogP contribution in [0.3, 0.4) is 0 Å². The Kier molecular flexibility index (Phi) is 4.47. The largest absolute Gasteiger partial charge is 0.480 e. The molecule has 1 atom stereocenters. The van der Waals surface area contributed by atoms with Gasteiger partial charge in [-0.15, -0.1) is 11.3 Å². The maximum absolute atomic E-state index is 12.0. The molecule has 1 aliphatic heterocycles. The molecule has 23 heavy (non-hydrogen) atoms. The third-order valence-electron chi connectivity index (χ3n) is 4.15. The van der Waals surface area contributed by atoms with Crippen LogP contribution < -0.4 is 5.32 Å². The molecular weight excluding hydrogens is 314 g/mol. The van der Waals surface area contributed by atoms with Crippen LogP contribution in [-0.2, 0) is 4.79 Å². The molecule has 1 aromatic heterocycles. The topological polar surface area (TPSA) is 82.5 Å². The number of aromatic nitrogens is 1. The predicted octanol–water partition coefficient (Wildman–Crippen LogP) is 2.66. The number of hydrogen-bond acceptors (Lipinski definition) is 4. The van der Waals surface area contributed by atoms with Gasteiger partial charge in [-0.1, -0.05) is 12.1 Å². The fourth-order valence-corrected chi connectivity index (χ4v) is 3.87. The number of aliphatic carboxylic acids is 1. The number of nitrogens with zero attached hydrogens (tertiary/aromatic N) is 2. The van der Waals surface area contributed by atoms with Crippen molar-refractivity contribution in [3.8, 4) is 0 Å². The molecule has 2 amide bonds. The monoisotopic (exact) mass is 333 g/mol. The Balaban J connectivity index is 1.59. The van der Waals surface area contributed by atoms with Crippen LogP contribution in [0.15, 0.2) is 24.3 Å². The number of amides is 2. The van der Waals surface area contributed by atoms with Gasteiger partial charge in [0.15, 0.2) is 0 Å². The minimum absolute atomic E-state index is 0.303. The summed E-state index contributed by atoms with van der Waals surface area (Å²) in [6.45, 7) is 2.71. The molecule has 7 heteroatoms. The van der Waals surface area contributed by atoms with E-state index in [0.29, 0.717) is 19.0 Å². The number of rotatable bonds is 3. The number of para-hydroxylation sites is 1. The summed E-state index contributed by atoms with van der Waals surface area (Å²) in [7, 11) is 0. The number of carbonyl (C=O) groups excluding carboxylic acids is 1. The summed E-state index contributed by atoms with van der Waals surface area (Å²) >= 11 is 1.72. The van der Waals surface area contributed by atoms with Crippen molar-refractivity contribution >= 4 is 33.6 Å². The molecule has 2 aromatic rings. The van der Waals surface area contributed by atoms with Crippen LogP contribution in [0.4, 0.5) is 4.79 Å². The highest BCUT2D eigenvalue weighted by Gasteiger charge is 2.27. The number of fused-ring (bicyclic) bond motifs is 1. The molecule has 1 saturated heterocycles. The third-order valence-corrected chi connectivity index (χ3v) is 5.35. The van der Waals surface area contributed by atoms with Crippen molar-refractivity contribution in [2.24, 2.45) is 0 Å². The fourth-order valence-electron chi connectivity index (χ4n) is 2.73. The summed E-state index contributed by atoms with van der Waals surface area (Å²) in [4.78, 5) is 29.2. The summed E-state index contributed by atoms with van der Waals surface area (Å²) < 4.78 is 1.19. The van der Waals surface area contributed by atoms with Gasteiger partial charge in [-0.2, -0.15) is 0 Å². The van der Waals surface area contributed by atoms with E-state index < -0.39 is 12.0 Å². The number of nitrogens with one attached hydrogen (secondary N) is 1. The summed E-state index contributed by atoms with van der Waals surface area (Å²) in [6.07, 6.45) is 1.71. The van der Waals surface area contributed by atoms with Crippen LogP contribution in [0, 0.1) is 0 Å². The van der Waals surface area contributed by atoms with Gasteiger partial charge in [-0.25, -0.2) is 9.78 Å². The molecule has 0 spiro atoms. The molecule has 3 rings (SSSR count). The van der Waals surface area contributed by atoms with Gasteiger partial charge >= 0.3 is 12.0 Å². The molecule has 0 bridgehead atoms. The third kappa shape index (κ3) is 3.44. The summed E-state index contributed by atoms with van der Waals surface area (Å²) in [6, 6.07) is 6.92. The molecule has 0 saturated carbocycles. The Morgan fingerprint density at radius 3 is 2.70 bits per heavy atom.